The molecule has 0 bridgehead atoms. The molecule has 1 aliphatic heterocycles. The summed E-state index contributed by atoms with van der Waals surface area (Å²) in [6.07, 6.45) is 2.49. The summed E-state index contributed by atoms with van der Waals surface area (Å²) in [7, 11) is 0. The fourth-order valence-corrected chi connectivity index (χ4v) is 1.91. The van der Waals surface area contributed by atoms with Gasteiger partial charge < -0.3 is 15.4 Å². The van der Waals surface area contributed by atoms with Crippen LogP contribution < -0.4 is 10.6 Å². The van der Waals surface area contributed by atoms with E-state index in [1.54, 1.807) is 0 Å². The van der Waals surface area contributed by atoms with Gasteiger partial charge in [0.1, 0.15) is 11.3 Å². The van der Waals surface area contributed by atoms with Crippen molar-refractivity contribution in [1.82, 2.24) is 25.6 Å². The number of rotatable bonds is 3. The Bertz CT molecular complexity index is 432. The number of hydrogen-bond acceptors (Lipinski definition) is 5. The highest BCUT2D eigenvalue weighted by atomic mass is 16.6. The first-order valence-electron chi connectivity index (χ1n) is 6.52. The zero-order valence-corrected chi connectivity index (χ0v) is 11.6. The minimum atomic E-state index is -0.489. The molecule has 1 unspecified atom stereocenters. The van der Waals surface area contributed by atoms with Gasteiger partial charge in [0.15, 0.2) is 0 Å². The highest BCUT2D eigenvalue weighted by molar-refractivity contribution is 5.67. The summed E-state index contributed by atoms with van der Waals surface area (Å²) in [5.41, 5.74) is 0.245. The zero-order valence-electron chi connectivity index (χ0n) is 11.6. The van der Waals surface area contributed by atoms with Gasteiger partial charge in [-0.05, 0) is 33.7 Å². The second kappa shape index (κ2) is 5.56. The van der Waals surface area contributed by atoms with Crippen molar-refractivity contribution in [2.45, 2.75) is 45.4 Å². The van der Waals surface area contributed by atoms with Gasteiger partial charge in [0.2, 0.25) is 0 Å². The molecule has 2 N–H and O–H groups in total. The van der Waals surface area contributed by atoms with Crippen molar-refractivity contribution >= 4 is 6.09 Å². The van der Waals surface area contributed by atoms with Crippen LogP contribution >= 0.6 is 0 Å². The Hall–Kier alpha value is -1.63. The van der Waals surface area contributed by atoms with Crippen molar-refractivity contribution in [1.29, 1.82) is 0 Å². The van der Waals surface area contributed by atoms with Crippen molar-refractivity contribution < 1.29 is 9.53 Å². The summed E-state index contributed by atoms with van der Waals surface area (Å²) in [6.45, 7) is 7.75. The highest BCUT2D eigenvalue weighted by Crippen LogP contribution is 2.13. The second-order valence-corrected chi connectivity index (χ2v) is 5.69. The van der Waals surface area contributed by atoms with Gasteiger partial charge >= 0.3 is 6.09 Å². The lowest BCUT2D eigenvalue weighted by atomic mass is 10.2. The van der Waals surface area contributed by atoms with E-state index in [-0.39, 0.29) is 0 Å². The number of aromatic nitrogens is 3. The van der Waals surface area contributed by atoms with Crippen LogP contribution in [0, 0.1) is 0 Å². The molecule has 2 heterocycles. The summed E-state index contributed by atoms with van der Waals surface area (Å²) in [4.78, 5) is 11.5. The maximum absolute atomic E-state index is 11.5. The Morgan fingerprint density at radius 2 is 2.42 bits per heavy atom. The van der Waals surface area contributed by atoms with Crippen LogP contribution in [0.3, 0.4) is 0 Å². The highest BCUT2D eigenvalue weighted by Gasteiger charge is 2.19. The third-order valence-electron chi connectivity index (χ3n) is 2.78. The number of amides is 1. The lowest BCUT2D eigenvalue weighted by Gasteiger charge is -2.19. The fourth-order valence-electron chi connectivity index (χ4n) is 1.91. The van der Waals surface area contributed by atoms with Gasteiger partial charge in [0.25, 0.3) is 0 Å². The van der Waals surface area contributed by atoms with Gasteiger partial charge in [0.05, 0.1) is 18.8 Å². The van der Waals surface area contributed by atoms with Crippen LogP contribution in [0.4, 0.5) is 4.79 Å². The third kappa shape index (κ3) is 4.20. The van der Waals surface area contributed by atoms with Crippen molar-refractivity contribution in [2.24, 2.45) is 0 Å². The van der Waals surface area contributed by atoms with E-state index in [1.165, 1.54) is 0 Å². The molecule has 1 fully saturated rings. The molecule has 0 saturated carbocycles. The second-order valence-electron chi connectivity index (χ2n) is 5.69. The summed E-state index contributed by atoms with van der Waals surface area (Å²) in [5.74, 6) is 0. The van der Waals surface area contributed by atoms with Crippen molar-refractivity contribution in [3.8, 4) is 0 Å². The monoisotopic (exact) mass is 267 g/mol. The predicted octanol–water partition coefficient (Wildman–Crippen LogP) is 0.837. The van der Waals surface area contributed by atoms with E-state index in [9.17, 15) is 4.79 Å². The first-order valence-corrected chi connectivity index (χ1v) is 6.52. The number of ether oxygens (including phenoxy) is 1. The predicted molar refractivity (Wildman–Crippen MR) is 69.6 cm³/mol. The minimum Gasteiger partial charge on any atom is -0.444 e. The lowest BCUT2D eigenvalue weighted by molar-refractivity contribution is 0.0523. The Morgan fingerprint density at radius 1 is 1.63 bits per heavy atom. The smallest absolute Gasteiger partial charge is 0.407 e. The molecule has 1 amide bonds. The van der Waals surface area contributed by atoms with Crippen LogP contribution in [0.15, 0.2) is 6.20 Å². The van der Waals surface area contributed by atoms with Crippen LogP contribution in [0.25, 0.3) is 0 Å². The molecular weight excluding hydrogens is 246 g/mol. The summed E-state index contributed by atoms with van der Waals surface area (Å²) >= 11 is 0. The summed E-state index contributed by atoms with van der Waals surface area (Å²) < 4.78 is 7.00. The standard InChI is InChI=1S/C12H21N5O2/c1-12(2,3)19-11(18)14-6-9-8-17(16-15-9)10-4-5-13-7-10/h8,10,13H,4-7H2,1-3H3,(H,14,18). The van der Waals surface area contributed by atoms with E-state index >= 15 is 0 Å². The molecule has 1 atom stereocenters. The number of nitrogens with one attached hydrogen (secondary N) is 2. The molecule has 0 aromatic carbocycles. The molecule has 1 saturated heterocycles. The zero-order chi connectivity index (χ0) is 13.9. The van der Waals surface area contributed by atoms with Gasteiger partial charge in [-0.2, -0.15) is 0 Å². The Balaban J connectivity index is 1.81. The maximum Gasteiger partial charge on any atom is 0.407 e. The van der Waals surface area contributed by atoms with E-state index < -0.39 is 11.7 Å². The average molecular weight is 267 g/mol. The lowest BCUT2D eigenvalue weighted by Crippen LogP contribution is -2.32. The molecule has 1 aliphatic rings. The van der Waals surface area contributed by atoms with Crippen molar-refractivity contribution in [3.05, 3.63) is 11.9 Å². The molecule has 1 aromatic rings. The quantitative estimate of drug-likeness (QED) is 0.848. The van der Waals surface area contributed by atoms with E-state index in [0.717, 1.165) is 25.2 Å². The number of carbonyl (C=O) groups excluding carboxylic acids is 1. The van der Waals surface area contributed by atoms with Crippen molar-refractivity contribution in [2.75, 3.05) is 13.1 Å². The minimum absolute atomic E-state index is 0.328. The van der Waals surface area contributed by atoms with Gasteiger partial charge in [-0.25, -0.2) is 9.48 Å². The largest absolute Gasteiger partial charge is 0.444 e. The van der Waals surface area contributed by atoms with E-state index in [4.69, 9.17) is 4.74 Å². The van der Waals surface area contributed by atoms with Gasteiger partial charge in [0, 0.05) is 6.54 Å². The Morgan fingerprint density at radius 3 is 3.05 bits per heavy atom. The molecule has 19 heavy (non-hydrogen) atoms. The van der Waals surface area contributed by atoms with E-state index in [0.29, 0.717) is 12.6 Å². The van der Waals surface area contributed by atoms with E-state index in [1.807, 2.05) is 31.6 Å². The van der Waals surface area contributed by atoms with Crippen LogP contribution in [-0.4, -0.2) is 39.8 Å². The van der Waals surface area contributed by atoms with Crippen LogP contribution in [0.1, 0.15) is 38.9 Å². The van der Waals surface area contributed by atoms with Gasteiger partial charge in [-0.3, -0.25) is 0 Å². The molecule has 106 valence electrons. The molecule has 0 aliphatic carbocycles. The summed E-state index contributed by atoms with van der Waals surface area (Å²) in [5, 5.41) is 14.1. The van der Waals surface area contributed by atoms with Crippen LogP contribution in [-0.2, 0) is 11.3 Å². The summed E-state index contributed by atoms with van der Waals surface area (Å²) in [6, 6.07) is 0.364. The number of nitrogens with zero attached hydrogens (tertiary/aromatic N) is 3. The van der Waals surface area contributed by atoms with Crippen LogP contribution in [0.2, 0.25) is 0 Å². The average Bonchev–Trinajstić information content (AvgIpc) is 2.95. The van der Waals surface area contributed by atoms with Gasteiger partial charge in [-0.15, -0.1) is 5.10 Å². The van der Waals surface area contributed by atoms with E-state index in [2.05, 4.69) is 20.9 Å². The molecule has 0 spiro atoms. The Kier molecular flexibility index (Phi) is 4.04. The molecule has 7 nitrogen and oxygen atoms in total. The first kappa shape index (κ1) is 13.8. The third-order valence-corrected chi connectivity index (χ3v) is 2.78. The topological polar surface area (TPSA) is 81.1 Å². The number of hydrogen-bond donors (Lipinski definition) is 2. The molecule has 7 heteroatoms. The molecule has 1 aromatic heterocycles. The number of carbonyl (C=O) groups is 1. The first-order chi connectivity index (χ1) is 8.94. The molecule has 2 rings (SSSR count). The fraction of sp³-hybridized carbons (Fsp3) is 0.750. The SMILES string of the molecule is CC(C)(C)OC(=O)NCc1cn(C2CCNC2)nn1. The number of alkyl carbamates (subject to hydrolysis) is 1. The molecular formula is C12H21N5O2. The van der Waals surface area contributed by atoms with Gasteiger partial charge in [-0.1, -0.05) is 5.21 Å². The van der Waals surface area contributed by atoms with Crippen LogP contribution in [0.5, 0.6) is 0 Å². The van der Waals surface area contributed by atoms with Crippen molar-refractivity contribution in [3.63, 3.8) is 0 Å². The maximum atomic E-state index is 11.5. The Labute approximate surface area is 112 Å². The normalized spacial score (nSPS) is 19.4. The molecule has 0 radical (unpaired) electrons.